The number of H-pyrrole nitrogens is 1. The smallest absolute Gasteiger partial charge is 0.290 e. The average Bonchev–Trinajstić information content (AvgIpc) is 2.82. The molecular weight excluding hydrogens is 314 g/mol. The number of rotatable bonds is 3. The van der Waals surface area contributed by atoms with Crippen LogP contribution in [0.15, 0.2) is 6.33 Å². The zero-order valence-electron chi connectivity index (χ0n) is 14.4. The molecule has 0 aromatic carbocycles. The molecule has 0 radical (unpaired) electrons. The minimum atomic E-state index is -0.250. The van der Waals surface area contributed by atoms with E-state index < -0.39 is 0 Å². The van der Waals surface area contributed by atoms with Crippen molar-refractivity contribution in [1.82, 2.24) is 24.7 Å². The zero-order chi connectivity index (χ0) is 18.1. The Morgan fingerprint density at radius 1 is 1.33 bits per heavy atom. The van der Waals surface area contributed by atoms with Gasteiger partial charge in [-0.2, -0.15) is 0 Å². The molecule has 1 aromatic heterocycles. The number of amides is 2. The normalized spacial score (nSPS) is 15.0. The first-order valence-corrected chi connectivity index (χ1v) is 7.70. The van der Waals surface area contributed by atoms with E-state index in [1.54, 1.807) is 25.3 Å². The van der Waals surface area contributed by atoms with Crippen molar-refractivity contribution in [1.29, 1.82) is 0 Å². The van der Waals surface area contributed by atoms with E-state index in [4.69, 9.17) is 9.90 Å². The minimum absolute atomic E-state index is 0.0328. The summed E-state index contributed by atoms with van der Waals surface area (Å²) < 4.78 is 0. The van der Waals surface area contributed by atoms with Gasteiger partial charge in [0.2, 0.25) is 5.91 Å². The molecule has 0 spiro atoms. The van der Waals surface area contributed by atoms with Crippen molar-refractivity contribution in [2.75, 3.05) is 46.8 Å². The van der Waals surface area contributed by atoms with Crippen molar-refractivity contribution in [3.05, 3.63) is 17.7 Å². The van der Waals surface area contributed by atoms with Crippen LogP contribution in [0.4, 0.5) is 0 Å². The summed E-state index contributed by atoms with van der Waals surface area (Å²) in [5.41, 5.74) is 1.29. The van der Waals surface area contributed by atoms with Gasteiger partial charge in [-0.15, -0.1) is 0 Å². The largest absolute Gasteiger partial charge is 0.483 e. The topological polar surface area (TPSA) is 110 Å². The standard InChI is InChI=1S/C14H23N5O2.CH2O2/c1-11-13(16-10-15-11)14(21)19-6-4-5-18(7-8-19)9-12(20)17(2)3;2-1-3/h10H,4-9H2,1-3H3,(H,15,16);1H,(H,2,3). The first-order valence-electron chi connectivity index (χ1n) is 7.70. The molecule has 1 fully saturated rings. The van der Waals surface area contributed by atoms with Crippen LogP contribution in [0.25, 0.3) is 0 Å². The molecule has 0 atom stereocenters. The van der Waals surface area contributed by atoms with Gasteiger partial charge in [-0.3, -0.25) is 19.3 Å². The van der Waals surface area contributed by atoms with Gasteiger partial charge < -0.3 is 19.9 Å². The highest BCUT2D eigenvalue weighted by Crippen LogP contribution is 2.10. The van der Waals surface area contributed by atoms with Crippen LogP contribution in [0.5, 0.6) is 0 Å². The van der Waals surface area contributed by atoms with Crippen LogP contribution in [0.3, 0.4) is 0 Å². The molecule has 24 heavy (non-hydrogen) atoms. The molecule has 2 heterocycles. The van der Waals surface area contributed by atoms with Gasteiger partial charge in [-0.1, -0.05) is 0 Å². The Balaban J connectivity index is 0.000000891. The van der Waals surface area contributed by atoms with Gasteiger partial charge >= 0.3 is 0 Å². The lowest BCUT2D eigenvalue weighted by molar-refractivity contribution is -0.129. The van der Waals surface area contributed by atoms with Gasteiger partial charge in [0, 0.05) is 46.0 Å². The highest BCUT2D eigenvalue weighted by molar-refractivity contribution is 5.93. The summed E-state index contributed by atoms with van der Waals surface area (Å²) in [6, 6.07) is 0. The van der Waals surface area contributed by atoms with E-state index in [-0.39, 0.29) is 18.3 Å². The molecule has 0 saturated carbocycles. The number of aromatic nitrogens is 2. The van der Waals surface area contributed by atoms with Crippen molar-refractivity contribution >= 4 is 18.3 Å². The number of aromatic amines is 1. The lowest BCUT2D eigenvalue weighted by Gasteiger charge is -2.22. The maximum atomic E-state index is 12.4. The first kappa shape index (κ1) is 19.6. The van der Waals surface area contributed by atoms with E-state index in [1.807, 2.05) is 11.8 Å². The first-order chi connectivity index (χ1) is 11.4. The molecule has 2 N–H and O–H groups in total. The van der Waals surface area contributed by atoms with Crippen LogP contribution in [0.1, 0.15) is 22.6 Å². The molecule has 9 heteroatoms. The monoisotopic (exact) mass is 339 g/mol. The Bertz CT molecular complexity index is 558. The van der Waals surface area contributed by atoms with Crippen LogP contribution in [0.2, 0.25) is 0 Å². The molecule has 1 aliphatic rings. The third-order valence-corrected chi connectivity index (χ3v) is 3.77. The second kappa shape index (κ2) is 9.66. The molecule has 2 amide bonds. The molecule has 2 rings (SSSR count). The number of imidazole rings is 1. The summed E-state index contributed by atoms with van der Waals surface area (Å²) >= 11 is 0. The molecule has 1 aliphatic heterocycles. The van der Waals surface area contributed by atoms with Gasteiger partial charge in [0.1, 0.15) is 5.69 Å². The number of hydrogen-bond donors (Lipinski definition) is 2. The van der Waals surface area contributed by atoms with E-state index in [1.165, 1.54) is 0 Å². The number of likely N-dealkylation sites (N-methyl/N-ethyl adjacent to an activating group) is 1. The quantitative estimate of drug-likeness (QED) is 0.729. The van der Waals surface area contributed by atoms with E-state index in [0.29, 0.717) is 25.3 Å². The van der Waals surface area contributed by atoms with Gasteiger partial charge in [-0.25, -0.2) is 4.98 Å². The summed E-state index contributed by atoms with van der Waals surface area (Å²) in [5, 5.41) is 6.89. The van der Waals surface area contributed by atoms with E-state index >= 15 is 0 Å². The number of aryl methyl sites for hydroxylation is 1. The Kier molecular flexibility index (Phi) is 7.90. The van der Waals surface area contributed by atoms with Gasteiger partial charge in [-0.05, 0) is 13.3 Å². The van der Waals surface area contributed by atoms with Crippen molar-refractivity contribution in [3.63, 3.8) is 0 Å². The van der Waals surface area contributed by atoms with Gasteiger partial charge in [0.15, 0.2) is 0 Å². The zero-order valence-corrected chi connectivity index (χ0v) is 14.4. The van der Waals surface area contributed by atoms with Crippen LogP contribution >= 0.6 is 0 Å². The molecule has 1 aromatic rings. The maximum Gasteiger partial charge on any atom is 0.290 e. The summed E-state index contributed by atoms with van der Waals surface area (Å²) in [7, 11) is 3.52. The SMILES string of the molecule is Cc1[nH]cnc1C(=O)N1CCCN(CC(=O)N(C)C)CC1.O=CO. The van der Waals surface area contributed by atoms with E-state index in [9.17, 15) is 9.59 Å². The second-order valence-electron chi connectivity index (χ2n) is 5.69. The third-order valence-electron chi connectivity index (χ3n) is 3.77. The fraction of sp³-hybridized carbons (Fsp3) is 0.600. The summed E-state index contributed by atoms with van der Waals surface area (Å²) in [6.07, 6.45) is 2.42. The van der Waals surface area contributed by atoms with Crippen LogP contribution in [-0.4, -0.2) is 94.9 Å². The molecule has 1 saturated heterocycles. The number of hydrogen-bond acceptors (Lipinski definition) is 5. The van der Waals surface area contributed by atoms with Crippen molar-refractivity contribution in [2.24, 2.45) is 0 Å². The number of carboxylic acid groups (broad SMARTS) is 1. The Morgan fingerprint density at radius 2 is 2.00 bits per heavy atom. The fourth-order valence-corrected chi connectivity index (χ4v) is 2.39. The number of nitrogens with one attached hydrogen (secondary N) is 1. The number of nitrogens with zero attached hydrogens (tertiary/aromatic N) is 4. The Hall–Kier alpha value is -2.42. The second-order valence-corrected chi connectivity index (χ2v) is 5.69. The summed E-state index contributed by atoms with van der Waals surface area (Å²) in [4.78, 5) is 45.1. The highest BCUT2D eigenvalue weighted by atomic mass is 16.3. The fourth-order valence-electron chi connectivity index (χ4n) is 2.39. The Labute approximate surface area is 141 Å². The lowest BCUT2D eigenvalue weighted by Crippen LogP contribution is -2.39. The summed E-state index contributed by atoms with van der Waals surface area (Å²) in [5.74, 6) is 0.0625. The summed E-state index contributed by atoms with van der Waals surface area (Å²) in [6.45, 7) is 4.90. The number of carbonyl (C=O) groups excluding carboxylic acids is 2. The highest BCUT2D eigenvalue weighted by Gasteiger charge is 2.23. The predicted octanol–water partition coefficient (Wildman–Crippen LogP) is -0.345. The molecule has 0 aliphatic carbocycles. The molecular formula is C15H25N5O4. The maximum absolute atomic E-state index is 12.4. The number of carbonyl (C=O) groups is 3. The van der Waals surface area contributed by atoms with E-state index in [2.05, 4.69) is 14.9 Å². The van der Waals surface area contributed by atoms with Crippen molar-refractivity contribution in [3.8, 4) is 0 Å². The minimum Gasteiger partial charge on any atom is -0.483 e. The van der Waals surface area contributed by atoms with Crippen LogP contribution in [0, 0.1) is 6.92 Å². The van der Waals surface area contributed by atoms with Crippen molar-refractivity contribution < 1.29 is 19.5 Å². The third kappa shape index (κ3) is 5.65. The molecule has 9 nitrogen and oxygen atoms in total. The van der Waals surface area contributed by atoms with Crippen LogP contribution < -0.4 is 0 Å². The average molecular weight is 339 g/mol. The molecule has 0 unspecified atom stereocenters. The predicted molar refractivity (Wildman–Crippen MR) is 87.7 cm³/mol. The van der Waals surface area contributed by atoms with E-state index in [0.717, 1.165) is 25.2 Å². The van der Waals surface area contributed by atoms with Crippen LogP contribution in [-0.2, 0) is 9.59 Å². The van der Waals surface area contributed by atoms with Crippen molar-refractivity contribution in [2.45, 2.75) is 13.3 Å². The molecule has 134 valence electrons. The Morgan fingerprint density at radius 3 is 2.54 bits per heavy atom. The van der Waals surface area contributed by atoms with Gasteiger partial charge in [0.25, 0.3) is 12.4 Å². The lowest BCUT2D eigenvalue weighted by atomic mass is 10.3. The molecule has 0 bridgehead atoms. The van der Waals surface area contributed by atoms with Gasteiger partial charge in [0.05, 0.1) is 12.9 Å².